The van der Waals surface area contributed by atoms with Crippen molar-refractivity contribution in [3.8, 4) is 0 Å². The Bertz CT molecular complexity index is 623. The maximum atomic E-state index is 12.0. The Balaban J connectivity index is 1.68. The molecule has 0 aromatic heterocycles. The SMILES string of the molecule is CCN1CCCC1CN=C(N)NCCNC(=O)c1ccc(Cl)c(Cl)c1. The molecule has 1 unspecified atom stereocenters. The number of hydrogen-bond donors (Lipinski definition) is 3. The molecule has 0 saturated carbocycles. The van der Waals surface area contributed by atoms with Gasteiger partial charge in [-0.15, -0.1) is 0 Å². The lowest BCUT2D eigenvalue weighted by molar-refractivity contribution is 0.0954. The first-order chi connectivity index (χ1) is 12.0. The Morgan fingerprint density at radius 3 is 2.80 bits per heavy atom. The van der Waals surface area contributed by atoms with Crippen molar-refractivity contribution in [3.63, 3.8) is 0 Å². The molecule has 1 amide bonds. The molecular weight excluding hydrogens is 361 g/mol. The number of likely N-dealkylation sites (tertiary alicyclic amines) is 1. The smallest absolute Gasteiger partial charge is 0.251 e. The zero-order valence-corrected chi connectivity index (χ0v) is 15.9. The number of guanidine groups is 1. The van der Waals surface area contributed by atoms with Crippen LogP contribution in [0.2, 0.25) is 10.0 Å². The quantitative estimate of drug-likeness (QED) is 0.381. The van der Waals surface area contributed by atoms with E-state index in [1.54, 1.807) is 18.2 Å². The van der Waals surface area contributed by atoms with Crippen LogP contribution in [0.4, 0.5) is 0 Å². The van der Waals surface area contributed by atoms with Gasteiger partial charge in [-0.1, -0.05) is 30.1 Å². The number of hydrogen-bond acceptors (Lipinski definition) is 3. The van der Waals surface area contributed by atoms with E-state index in [1.807, 2.05) is 0 Å². The molecule has 0 aliphatic carbocycles. The summed E-state index contributed by atoms with van der Waals surface area (Å²) in [4.78, 5) is 18.8. The topological polar surface area (TPSA) is 82.8 Å². The third-order valence-corrected chi connectivity index (χ3v) is 5.02. The number of likely N-dealkylation sites (N-methyl/N-ethyl adjacent to an activating group) is 1. The first-order valence-electron chi connectivity index (χ1n) is 8.52. The van der Waals surface area contributed by atoms with E-state index in [1.165, 1.54) is 12.8 Å². The van der Waals surface area contributed by atoms with Gasteiger partial charge in [0.1, 0.15) is 0 Å². The largest absolute Gasteiger partial charge is 0.370 e. The highest BCUT2D eigenvalue weighted by atomic mass is 35.5. The van der Waals surface area contributed by atoms with Crippen molar-refractivity contribution < 1.29 is 4.79 Å². The van der Waals surface area contributed by atoms with Gasteiger partial charge in [-0.3, -0.25) is 14.7 Å². The molecule has 0 bridgehead atoms. The predicted octanol–water partition coefficient (Wildman–Crippen LogP) is 2.11. The first-order valence-corrected chi connectivity index (χ1v) is 9.28. The molecule has 1 aromatic carbocycles. The van der Waals surface area contributed by atoms with Crippen LogP contribution in [-0.2, 0) is 0 Å². The van der Waals surface area contributed by atoms with E-state index < -0.39 is 0 Å². The van der Waals surface area contributed by atoms with E-state index in [-0.39, 0.29) is 5.91 Å². The van der Waals surface area contributed by atoms with Crippen LogP contribution in [0, 0.1) is 0 Å². The highest BCUT2D eigenvalue weighted by molar-refractivity contribution is 6.42. The number of nitrogens with one attached hydrogen (secondary N) is 2. The van der Waals surface area contributed by atoms with E-state index >= 15 is 0 Å². The number of halogens is 2. The number of aliphatic imine (C=N–C) groups is 1. The van der Waals surface area contributed by atoms with Crippen molar-refractivity contribution >= 4 is 35.1 Å². The van der Waals surface area contributed by atoms with Crippen molar-refractivity contribution in [2.75, 3.05) is 32.7 Å². The second-order valence-corrected chi connectivity index (χ2v) is 6.78. The Morgan fingerprint density at radius 2 is 2.08 bits per heavy atom. The van der Waals surface area contributed by atoms with Gasteiger partial charge in [0.15, 0.2) is 5.96 Å². The number of benzene rings is 1. The maximum absolute atomic E-state index is 12.0. The van der Waals surface area contributed by atoms with Gasteiger partial charge in [0.25, 0.3) is 5.91 Å². The molecule has 0 radical (unpaired) electrons. The first kappa shape index (κ1) is 19.8. The summed E-state index contributed by atoms with van der Waals surface area (Å²) in [5, 5.41) is 6.59. The van der Waals surface area contributed by atoms with Crippen LogP contribution in [0.5, 0.6) is 0 Å². The Kier molecular flexibility index (Phi) is 7.81. The summed E-state index contributed by atoms with van der Waals surface area (Å²) < 4.78 is 0. The molecule has 138 valence electrons. The van der Waals surface area contributed by atoms with Gasteiger partial charge in [0.05, 0.1) is 16.6 Å². The van der Waals surface area contributed by atoms with Crippen LogP contribution in [0.25, 0.3) is 0 Å². The predicted molar refractivity (Wildman–Crippen MR) is 104 cm³/mol. The van der Waals surface area contributed by atoms with Crippen molar-refractivity contribution in [3.05, 3.63) is 33.8 Å². The second-order valence-electron chi connectivity index (χ2n) is 5.96. The molecule has 1 aliphatic heterocycles. The fourth-order valence-corrected chi connectivity index (χ4v) is 3.18. The summed E-state index contributed by atoms with van der Waals surface area (Å²) in [5.74, 6) is 0.201. The Morgan fingerprint density at radius 1 is 1.32 bits per heavy atom. The zero-order chi connectivity index (χ0) is 18.2. The summed E-state index contributed by atoms with van der Waals surface area (Å²) in [6.45, 7) is 6.01. The molecule has 25 heavy (non-hydrogen) atoms. The van der Waals surface area contributed by atoms with Crippen LogP contribution < -0.4 is 16.4 Å². The van der Waals surface area contributed by atoms with Gasteiger partial charge < -0.3 is 16.4 Å². The molecule has 8 heteroatoms. The number of amides is 1. The molecule has 6 nitrogen and oxygen atoms in total. The lowest BCUT2D eigenvalue weighted by atomic mass is 10.2. The molecule has 1 atom stereocenters. The average molecular weight is 386 g/mol. The molecular formula is C17H25Cl2N5O. The maximum Gasteiger partial charge on any atom is 0.251 e. The minimum absolute atomic E-state index is 0.208. The Hall–Kier alpha value is -1.50. The van der Waals surface area contributed by atoms with Gasteiger partial charge >= 0.3 is 0 Å². The monoisotopic (exact) mass is 385 g/mol. The number of carbonyl (C=O) groups is 1. The van der Waals surface area contributed by atoms with Gasteiger partial charge in [0.2, 0.25) is 0 Å². The highest BCUT2D eigenvalue weighted by Crippen LogP contribution is 2.22. The standard InChI is InChI=1S/C17H25Cl2N5O/c1-2-24-9-3-4-13(24)11-23-17(20)22-8-7-21-16(25)12-5-6-14(18)15(19)10-12/h5-6,10,13H,2-4,7-9,11H2,1H3,(H,21,25)(H3,20,22,23). The summed E-state index contributed by atoms with van der Waals surface area (Å²) in [6, 6.07) is 5.27. The molecule has 4 N–H and O–H groups in total. The van der Waals surface area contributed by atoms with Crippen LogP contribution in [0.1, 0.15) is 30.1 Å². The molecule has 2 rings (SSSR count). The Labute approximate surface area is 158 Å². The number of nitrogens with two attached hydrogens (primary N) is 1. The molecule has 1 aliphatic rings. The van der Waals surface area contributed by atoms with E-state index in [0.717, 1.165) is 13.1 Å². The molecule has 1 saturated heterocycles. The zero-order valence-electron chi connectivity index (χ0n) is 14.4. The lowest BCUT2D eigenvalue weighted by Crippen LogP contribution is -2.39. The van der Waals surface area contributed by atoms with Crippen molar-refractivity contribution in [2.45, 2.75) is 25.8 Å². The van der Waals surface area contributed by atoms with Gasteiger partial charge in [-0.25, -0.2) is 0 Å². The molecule has 1 fully saturated rings. The number of carbonyl (C=O) groups excluding carboxylic acids is 1. The van der Waals surface area contributed by atoms with E-state index in [0.29, 0.717) is 47.2 Å². The van der Waals surface area contributed by atoms with Crippen LogP contribution >= 0.6 is 23.2 Å². The third-order valence-electron chi connectivity index (χ3n) is 4.28. The average Bonchev–Trinajstić information content (AvgIpc) is 3.06. The van der Waals surface area contributed by atoms with Crippen molar-refractivity contribution in [2.24, 2.45) is 10.7 Å². The van der Waals surface area contributed by atoms with Gasteiger partial charge in [0, 0.05) is 24.7 Å². The summed E-state index contributed by atoms with van der Waals surface area (Å²) in [5.41, 5.74) is 6.35. The van der Waals surface area contributed by atoms with Crippen LogP contribution in [-0.4, -0.2) is 55.5 Å². The third kappa shape index (κ3) is 6.06. The fourth-order valence-electron chi connectivity index (χ4n) is 2.88. The summed E-state index contributed by atoms with van der Waals surface area (Å²) >= 11 is 11.7. The fraction of sp³-hybridized carbons (Fsp3) is 0.529. The molecule has 1 heterocycles. The lowest BCUT2D eigenvalue weighted by Gasteiger charge is -2.20. The number of rotatable bonds is 7. The van der Waals surface area contributed by atoms with Crippen LogP contribution in [0.3, 0.4) is 0 Å². The van der Waals surface area contributed by atoms with Gasteiger partial charge in [-0.05, 0) is 44.1 Å². The van der Waals surface area contributed by atoms with E-state index in [4.69, 9.17) is 28.9 Å². The highest BCUT2D eigenvalue weighted by Gasteiger charge is 2.22. The molecule has 0 spiro atoms. The van der Waals surface area contributed by atoms with Gasteiger partial charge in [-0.2, -0.15) is 0 Å². The van der Waals surface area contributed by atoms with Crippen molar-refractivity contribution in [1.29, 1.82) is 0 Å². The minimum Gasteiger partial charge on any atom is -0.370 e. The molecule has 1 aromatic rings. The van der Waals surface area contributed by atoms with Crippen LogP contribution in [0.15, 0.2) is 23.2 Å². The second kappa shape index (κ2) is 9.85. The minimum atomic E-state index is -0.208. The summed E-state index contributed by atoms with van der Waals surface area (Å²) in [6.07, 6.45) is 2.40. The van der Waals surface area contributed by atoms with Crippen molar-refractivity contribution in [1.82, 2.24) is 15.5 Å². The summed E-state index contributed by atoms with van der Waals surface area (Å²) in [7, 11) is 0. The van der Waals surface area contributed by atoms with E-state index in [9.17, 15) is 4.79 Å². The number of nitrogens with zero attached hydrogens (tertiary/aromatic N) is 2. The normalized spacial score (nSPS) is 18.4. The van der Waals surface area contributed by atoms with E-state index in [2.05, 4.69) is 27.4 Å².